The van der Waals surface area contributed by atoms with E-state index in [2.05, 4.69) is 34.7 Å². The third-order valence-electron chi connectivity index (χ3n) is 4.66. The normalized spacial score (nSPS) is 17.5. The van der Waals surface area contributed by atoms with E-state index in [9.17, 15) is 4.79 Å². The van der Waals surface area contributed by atoms with Crippen LogP contribution in [0.1, 0.15) is 23.4 Å². The number of benzene rings is 1. The Balaban J connectivity index is 1.64. The van der Waals surface area contributed by atoms with Crippen molar-refractivity contribution in [3.63, 3.8) is 0 Å². The van der Waals surface area contributed by atoms with Gasteiger partial charge in [0.1, 0.15) is 5.75 Å². The topological polar surface area (TPSA) is 50.8 Å². The summed E-state index contributed by atoms with van der Waals surface area (Å²) >= 11 is 1.74. The molecule has 1 aromatic carbocycles. The Bertz CT molecular complexity index is 682. The van der Waals surface area contributed by atoms with Crippen molar-refractivity contribution in [3.05, 3.63) is 52.2 Å². The largest absolute Gasteiger partial charge is 0.497 e. The Labute approximate surface area is 158 Å². The Morgan fingerprint density at radius 3 is 2.62 bits per heavy atom. The molecule has 5 nitrogen and oxygen atoms in total. The number of rotatable bonds is 7. The minimum absolute atomic E-state index is 0.0255. The lowest BCUT2D eigenvalue weighted by Crippen LogP contribution is -2.48. The quantitative estimate of drug-likeness (QED) is 0.810. The van der Waals surface area contributed by atoms with Crippen molar-refractivity contribution in [1.29, 1.82) is 0 Å². The lowest BCUT2D eigenvalue weighted by molar-refractivity contribution is -0.121. The van der Waals surface area contributed by atoms with Gasteiger partial charge in [-0.05, 0) is 36.1 Å². The summed E-state index contributed by atoms with van der Waals surface area (Å²) in [5.41, 5.74) is 0.981. The summed E-state index contributed by atoms with van der Waals surface area (Å²) in [6.45, 7) is 5.36. The number of thiophene rings is 1. The van der Waals surface area contributed by atoms with Crippen LogP contribution in [0.5, 0.6) is 5.75 Å². The third-order valence-corrected chi connectivity index (χ3v) is 5.60. The molecule has 26 heavy (non-hydrogen) atoms. The minimum Gasteiger partial charge on any atom is -0.497 e. The Morgan fingerprint density at radius 1 is 1.27 bits per heavy atom. The second kappa shape index (κ2) is 9.16. The summed E-state index contributed by atoms with van der Waals surface area (Å²) in [5.74, 6) is 0.838. The Morgan fingerprint density at radius 2 is 2.00 bits per heavy atom. The highest BCUT2D eigenvalue weighted by Gasteiger charge is 2.29. The van der Waals surface area contributed by atoms with Crippen LogP contribution in [0.2, 0.25) is 0 Å². The SMILES string of the molecule is COc1ccc(CC(=O)N[C@H](C)[C@H](c2cccs2)N2CCOCC2)cc1. The molecule has 3 rings (SSSR count). The third kappa shape index (κ3) is 4.84. The summed E-state index contributed by atoms with van der Waals surface area (Å²) in [6, 6.07) is 12.1. The molecular formula is C20H26N2O3S. The maximum absolute atomic E-state index is 12.6. The summed E-state index contributed by atoms with van der Waals surface area (Å²) in [7, 11) is 1.64. The van der Waals surface area contributed by atoms with Crippen molar-refractivity contribution >= 4 is 17.2 Å². The molecule has 0 radical (unpaired) electrons. The van der Waals surface area contributed by atoms with Crippen LogP contribution >= 0.6 is 11.3 Å². The van der Waals surface area contributed by atoms with Gasteiger partial charge in [0.15, 0.2) is 0 Å². The number of nitrogens with one attached hydrogen (secondary N) is 1. The molecule has 1 aliphatic heterocycles. The fourth-order valence-corrected chi connectivity index (χ4v) is 4.33. The van der Waals surface area contributed by atoms with Crippen LogP contribution in [0.15, 0.2) is 41.8 Å². The zero-order valence-electron chi connectivity index (χ0n) is 15.3. The molecule has 0 bridgehead atoms. The molecule has 1 amide bonds. The van der Waals surface area contributed by atoms with E-state index in [0.29, 0.717) is 6.42 Å². The average molecular weight is 375 g/mol. The van der Waals surface area contributed by atoms with Crippen LogP contribution in [0.3, 0.4) is 0 Å². The van der Waals surface area contributed by atoms with Crippen molar-refractivity contribution in [2.24, 2.45) is 0 Å². The number of nitrogens with zero attached hydrogens (tertiary/aromatic N) is 1. The highest BCUT2D eigenvalue weighted by molar-refractivity contribution is 7.10. The Kier molecular flexibility index (Phi) is 6.66. The zero-order valence-corrected chi connectivity index (χ0v) is 16.1. The molecule has 0 spiro atoms. The van der Waals surface area contributed by atoms with E-state index in [4.69, 9.17) is 9.47 Å². The van der Waals surface area contributed by atoms with Crippen molar-refractivity contribution < 1.29 is 14.3 Å². The molecule has 1 aromatic heterocycles. The second-order valence-electron chi connectivity index (χ2n) is 6.49. The van der Waals surface area contributed by atoms with Gasteiger partial charge in [0.25, 0.3) is 0 Å². The monoisotopic (exact) mass is 374 g/mol. The first-order chi connectivity index (χ1) is 12.7. The molecule has 0 saturated carbocycles. The molecule has 0 unspecified atom stereocenters. The van der Waals surface area contributed by atoms with Crippen LogP contribution in [0, 0.1) is 0 Å². The van der Waals surface area contributed by atoms with E-state index in [-0.39, 0.29) is 18.0 Å². The summed E-state index contributed by atoms with van der Waals surface area (Å²) in [4.78, 5) is 16.2. The first kappa shape index (κ1) is 18.9. The lowest BCUT2D eigenvalue weighted by atomic mass is 10.0. The summed E-state index contributed by atoms with van der Waals surface area (Å²) in [5, 5.41) is 5.29. The zero-order chi connectivity index (χ0) is 18.4. The Hall–Kier alpha value is -1.89. The van der Waals surface area contributed by atoms with Crippen molar-refractivity contribution in [2.75, 3.05) is 33.4 Å². The van der Waals surface area contributed by atoms with Gasteiger partial charge in [-0.2, -0.15) is 0 Å². The van der Waals surface area contributed by atoms with Gasteiger partial charge in [-0.3, -0.25) is 9.69 Å². The van der Waals surface area contributed by atoms with Crippen molar-refractivity contribution in [1.82, 2.24) is 10.2 Å². The minimum atomic E-state index is 0.0255. The molecule has 140 valence electrons. The second-order valence-corrected chi connectivity index (χ2v) is 7.47. The van der Waals surface area contributed by atoms with Gasteiger partial charge >= 0.3 is 0 Å². The van der Waals surface area contributed by atoms with Gasteiger partial charge in [0, 0.05) is 24.0 Å². The predicted octanol–water partition coefficient (Wildman–Crippen LogP) is 2.88. The molecule has 2 aromatic rings. The summed E-state index contributed by atoms with van der Waals surface area (Å²) in [6.07, 6.45) is 0.370. The standard InChI is InChI=1S/C20H26N2O3S/c1-15(21-19(23)14-16-5-7-17(24-2)8-6-16)20(18-4-3-13-26-18)22-9-11-25-12-10-22/h3-8,13,15,20H,9-12,14H2,1-2H3,(H,21,23)/t15-,20-/m1/s1. The molecule has 1 saturated heterocycles. The van der Waals surface area contributed by atoms with E-state index in [1.807, 2.05) is 24.3 Å². The number of carbonyl (C=O) groups is 1. The van der Waals surface area contributed by atoms with Gasteiger partial charge in [0.05, 0.1) is 32.8 Å². The molecule has 0 aliphatic carbocycles. The predicted molar refractivity (Wildman–Crippen MR) is 104 cm³/mol. The van der Waals surface area contributed by atoms with Crippen molar-refractivity contribution in [2.45, 2.75) is 25.4 Å². The molecule has 6 heteroatoms. The van der Waals surface area contributed by atoms with E-state index in [0.717, 1.165) is 37.6 Å². The maximum atomic E-state index is 12.6. The molecule has 1 aliphatic rings. The molecule has 2 heterocycles. The number of methoxy groups -OCH3 is 1. The smallest absolute Gasteiger partial charge is 0.224 e. The first-order valence-electron chi connectivity index (χ1n) is 8.95. The average Bonchev–Trinajstić information content (AvgIpc) is 3.17. The summed E-state index contributed by atoms with van der Waals surface area (Å²) < 4.78 is 10.7. The van der Waals surface area contributed by atoms with Crippen LogP contribution in [0.4, 0.5) is 0 Å². The van der Waals surface area contributed by atoms with E-state index in [1.54, 1.807) is 18.4 Å². The fourth-order valence-electron chi connectivity index (χ4n) is 3.37. The first-order valence-corrected chi connectivity index (χ1v) is 9.83. The van der Waals surface area contributed by atoms with Crippen LogP contribution in [-0.2, 0) is 16.0 Å². The van der Waals surface area contributed by atoms with Gasteiger partial charge in [-0.25, -0.2) is 0 Å². The molecular weight excluding hydrogens is 348 g/mol. The molecule has 1 N–H and O–H groups in total. The number of hydrogen-bond donors (Lipinski definition) is 1. The van der Waals surface area contributed by atoms with Gasteiger partial charge in [-0.1, -0.05) is 18.2 Å². The molecule has 1 fully saturated rings. The van der Waals surface area contributed by atoms with E-state index >= 15 is 0 Å². The number of morpholine rings is 1. The van der Waals surface area contributed by atoms with Crippen LogP contribution in [-0.4, -0.2) is 50.3 Å². The van der Waals surface area contributed by atoms with E-state index in [1.165, 1.54) is 4.88 Å². The number of carbonyl (C=O) groups excluding carboxylic acids is 1. The number of hydrogen-bond acceptors (Lipinski definition) is 5. The number of ether oxygens (including phenoxy) is 2. The lowest BCUT2D eigenvalue weighted by Gasteiger charge is -2.37. The maximum Gasteiger partial charge on any atom is 0.224 e. The van der Waals surface area contributed by atoms with Crippen LogP contribution < -0.4 is 10.1 Å². The highest BCUT2D eigenvalue weighted by Crippen LogP contribution is 2.29. The van der Waals surface area contributed by atoms with Gasteiger partial charge in [0.2, 0.25) is 5.91 Å². The van der Waals surface area contributed by atoms with Gasteiger partial charge in [-0.15, -0.1) is 11.3 Å². The van der Waals surface area contributed by atoms with Crippen molar-refractivity contribution in [3.8, 4) is 5.75 Å². The van der Waals surface area contributed by atoms with E-state index < -0.39 is 0 Å². The molecule has 2 atom stereocenters. The highest BCUT2D eigenvalue weighted by atomic mass is 32.1. The van der Waals surface area contributed by atoms with Gasteiger partial charge < -0.3 is 14.8 Å². The van der Waals surface area contributed by atoms with Crippen LogP contribution in [0.25, 0.3) is 0 Å². The fraction of sp³-hybridized carbons (Fsp3) is 0.450. The number of amides is 1.